The first-order valence-electron chi connectivity index (χ1n) is 8.14. The van der Waals surface area contributed by atoms with Gasteiger partial charge in [-0.25, -0.2) is 4.98 Å². The molecule has 0 saturated heterocycles. The van der Waals surface area contributed by atoms with E-state index < -0.39 is 4.92 Å². The van der Waals surface area contributed by atoms with Crippen LogP contribution in [0.15, 0.2) is 30.5 Å². The number of rotatable bonds is 6. The molecule has 7 heteroatoms. The first-order valence-corrected chi connectivity index (χ1v) is 8.14. The number of hydrogen-bond donors (Lipinski definition) is 1. The Hall–Kier alpha value is -2.83. The van der Waals surface area contributed by atoms with Gasteiger partial charge in [0.05, 0.1) is 11.5 Å². The highest BCUT2D eigenvalue weighted by atomic mass is 16.6. The lowest BCUT2D eigenvalue weighted by Crippen LogP contribution is -2.24. The van der Waals surface area contributed by atoms with E-state index in [0.717, 1.165) is 29.0 Å². The summed E-state index contributed by atoms with van der Waals surface area (Å²) in [6, 6.07) is 7.42. The van der Waals surface area contributed by atoms with Crippen molar-refractivity contribution in [1.82, 2.24) is 4.98 Å². The van der Waals surface area contributed by atoms with Gasteiger partial charge in [0.15, 0.2) is 11.5 Å². The van der Waals surface area contributed by atoms with Crippen molar-refractivity contribution in [2.75, 3.05) is 18.5 Å². The summed E-state index contributed by atoms with van der Waals surface area (Å²) in [4.78, 5) is 14.4. The van der Waals surface area contributed by atoms with Crippen LogP contribution in [0.4, 0.5) is 11.5 Å². The number of nitro groups is 1. The number of fused-ring (bicyclic) bond motifs is 1. The van der Waals surface area contributed by atoms with Crippen LogP contribution in [0.25, 0.3) is 0 Å². The lowest BCUT2D eigenvalue weighted by atomic mass is 10.0. The molecule has 0 aliphatic carbocycles. The van der Waals surface area contributed by atoms with Gasteiger partial charge in [0.2, 0.25) is 0 Å². The number of para-hydroxylation sites is 1. The van der Waals surface area contributed by atoms with Gasteiger partial charge in [-0.05, 0) is 32.4 Å². The first kappa shape index (κ1) is 17.0. The number of nitrogens with zero attached hydrogens (tertiary/aromatic N) is 2. The highest BCUT2D eigenvalue weighted by Gasteiger charge is 2.32. The van der Waals surface area contributed by atoms with Crippen molar-refractivity contribution in [1.29, 1.82) is 0 Å². The minimum Gasteiger partial charge on any atom is -0.488 e. The van der Waals surface area contributed by atoms with Crippen molar-refractivity contribution in [2.24, 2.45) is 0 Å². The predicted molar refractivity (Wildman–Crippen MR) is 94.5 cm³/mol. The lowest BCUT2D eigenvalue weighted by molar-refractivity contribution is -0.385. The molecule has 1 N–H and O–H groups in total. The van der Waals surface area contributed by atoms with E-state index in [4.69, 9.17) is 9.47 Å². The van der Waals surface area contributed by atoms with E-state index in [1.54, 1.807) is 6.92 Å². The Kier molecular flexibility index (Phi) is 4.48. The molecule has 3 rings (SSSR count). The highest BCUT2D eigenvalue weighted by molar-refractivity contribution is 5.50. The summed E-state index contributed by atoms with van der Waals surface area (Å²) in [6.07, 6.45) is 2.11. The molecule has 0 unspecified atom stereocenters. The molecule has 25 heavy (non-hydrogen) atoms. The SMILES string of the molecule is Cc1cc([N+](=O)[O-])cnc1NCCOc1cccc2c1OC(C)(C)C2. The van der Waals surface area contributed by atoms with Crippen LogP contribution in [0.2, 0.25) is 0 Å². The summed E-state index contributed by atoms with van der Waals surface area (Å²) in [6.45, 7) is 6.85. The summed E-state index contributed by atoms with van der Waals surface area (Å²) in [7, 11) is 0. The maximum absolute atomic E-state index is 10.7. The van der Waals surface area contributed by atoms with E-state index in [-0.39, 0.29) is 11.3 Å². The average molecular weight is 343 g/mol. The maximum Gasteiger partial charge on any atom is 0.287 e. The molecule has 0 saturated carbocycles. The Bertz CT molecular complexity index is 805. The van der Waals surface area contributed by atoms with Crippen LogP contribution in [-0.2, 0) is 6.42 Å². The fourth-order valence-corrected chi connectivity index (χ4v) is 2.88. The molecule has 2 heterocycles. The van der Waals surface area contributed by atoms with Crippen molar-refractivity contribution < 1.29 is 14.4 Å². The van der Waals surface area contributed by atoms with Crippen LogP contribution in [0.3, 0.4) is 0 Å². The van der Waals surface area contributed by atoms with E-state index in [0.29, 0.717) is 19.0 Å². The minimum absolute atomic E-state index is 0.0149. The van der Waals surface area contributed by atoms with E-state index in [1.165, 1.54) is 12.3 Å². The molecule has 7 nitrogen and oxygen atoms in total. The van der Waals surface area contributed by atoms with E-state index in [9.17, 15) is 10.1 Å². The van der Waals surface area contributed by atoms with Crippen LogP contribution in [0.5, 0.6) is 11.5 Å². The molecule has 0 radical (unpaired) electrons. The smallest absolute Gasteiger partial charge is 0.287 e. The van der Waals surface area contributed by atoms with Gasteiger partial charge in [0.1, 0.15) is 24.2 Å². The van der Waals surface area contributed by atoms with Gasteiger partial charge in [0.25, 0.3) is 5.69 Å². The third kappa shape index (κ3) is 3.81. The molecule has 0 atom stereocenters. The van der Waals surface area contributed by atoms with Crippen molar-refractivity contribution in [2.45, 2.75) is 32.8 Å². The van der Waals surface area contributed by atoms with Gasteiger partial charge in [-0.15, -0.1) is 0 Å². The number of hydrogen-bond acceptors (Lipinski definition) is 6. The Morgan fingerprint density at radius 2 is 2.24 bits per heavy atom. The molecule has 1 aromatic heterocycles. The van der Waals surface area contributed by atoms with Gasteiger partial charge in [-0.1, -0.05) is 12.1 Å². The number of anilines is 1. The molecular formula is C18H21N3O4. The summed E-state index contributed by atoms with van der Waals surface area (Å²) >= 11 is 0. The summed E-state index contributed by atoms with van der Waals surface area (Å²) in [5.41, 5.74) is 1.65. The zero-order valence-electron chi connectivity index (χ0n) is 14.5. The Morgan fingerprint density at radius 1 is 1.44 bits per heavy atom. The van der Waals surface area contributed by atoms with Crippen molar-refractivity contribution in [3.63, 3.8) is 0 Å². The van der Waals surface area contributed by atoms with Gasteiger partial charge in [-0.2, -0.15) is 0 Å². The average Bonchev–Trinajstić information content (AvgIpc) is 2.87. The highest BCUT2D eigenvalue weighted by Crippen LogP contribution is 2.41. The second kappa shape index (κ2) is 6.58. The molecule has 0 bridgehead atoms. The van der Waals surface area contributed by atoms with E-state index in [2.05, 4.69) is 30.2 Å². The quantitative estimate of drug-likeness (QED) is 0.491. The topological polar surface area (TPSA) is 86.5 Å². The zero-order valence-corrected chi connectivity index (χ0v) is 14.5. The monoisotopic (exact) mass is 343 g/mol. The fraction of sp³-hybridized carbons (Fsp3) is 0.389. The standard InChI is InChI=1S/C18H21N3O4/c1-12-9-14(21(22)23)11-20-17(12)19-7-8-24-15-6-4-5-13-10-18(2,3)25-16(13)15/h4-6,9,11H,7-8,10H2,1-3H3,(H,19,20). The molecule has 2 aromatic rings. The molecular weight excluding hydrogens is 322 g/mol. The van der Waals surface area contributed by atoms with Crippen LogP contribution >= 0.6 is 0 Å². The van der Waals surface area contributed by atoms with Crippen LogP contribution in [0, 0.1) is 17.0 Å². The minimum atomic E-state index is -0.454. The van der Waals surface area contributed by atoms with Crippen molar-refractivity contribution in [3.05, 3.63) is 51.7 Å². The normalized spacial score (nSPS) is 14.5. The van der Waals surface area contributed by atoms with Crippen LogP contribution < -0.4 is 14.8 Å². The zero-order chi connectivity index (χ0) is 18.0. The maximum atomic E-state index is 10.7. The molecule has 1 aliphatic rings. The van der Waals surface area contributed by atoms with Gasteiger partial charge < -0.3 is 14.8 Å². The van der Waals surface area contributed by atoms with Crippen molar-refractivity contribution >= 4 is 11.5 Å². The lowest BCUT2D eigenvalue weighted by Gasteiger charge is -2.18. The second-order valence-electron chi connectivity index (χ2n) is 6.67. The Morgan fingerprint density at radius 3 is 2.96 bits per heavy atom. The summed E-state index contributed by atoms with van der Waals surface area (Å²) < 4.78 is 11.8. The number of pyridine rings is 1. The number of benzene rings is 1. The molecule has 0 fully saturated rings. The van der Waals surface area contributed by atoms with E-state index >= 15 is 0 Å². The third-order valence-electron chi connectivity index (χ3n) is 3.98. The number of ether oxygens (including phenoxy) is 2. The number of aryl methyl sites for hydroxylation is 1. The molecule has 0 amide bonds. The first-order chi connectivity index (χ1) is 11.9. The third-order valence-corrected chi connectivity index (χ3v) is 3.98. The molecule has 0 spiro atoms. The predicted octanol–water partition coefficient (Wildman–Crippen LogP) is 3.50. The van der Waals surface area contributed by atoms with Crippen molar-refractivity contribution in [3.8, 4) is 11.5 Å². The number of nitrogens with one attached hydrogen (secondary N) is 1. The summed E-state index contributed by atoms with van der Waals surface area (Å²) in [5, 5.41) is 13.9. The van der Waals surface area contributed by atoms with Crippen LogP contribution in [-0.4, -0.2) is 28.7 Å². The largest absolute Gasteiger partial charge is 0.488 e. The molecule has 1 aliphatic heterocycles. The molecule has 132 valence electrons. The van der Waals surface area contributed by atoms with E-state index in [1.807, 2.05) is 12.1 Å². The summed E-state index contributed by atoms with van der Waals surface area (Å²) in [5.74, 6) is 2.17. The Balaban J connectivity index is 1.57. The van der Waals surface area contributed by atoms with Gasteiger partial charge in [0, 0.05) is 18.1 Å². The fourth-order valence-electron chi connectivity index (χ4n) is 2.88. The van der Waals surface area contributed by atoms with Crippen LogP contribution in [0.1, 0.15) is 25.0 Å². The second-order valence-corrected chi connectivity index (χ2v) is 6.67. The Labute approximate surface area is 146 Å². The van der Waals surface area contributed by atoms with Gasteiger partial charge >= 0.3 is 0 Å². The van der Waals surface area contributed by atoms with Gasteiger partial charge in [-0.3, -0.25) is 10.1 Å². The number of aromatic nitrogens is 1. The molecule has 1 aromatic carbocycles.